The first-order valence-electron chi connectivity index (χ1n) is 7.83. The van der Waals surface area contributed by atoms with E-state index in [2.05, 4.69) is 0 Å². The van der Waals surface area contributed by atoms with Gasteiger partial charge in [-0.3, -0.25) is 8.98 Å². The minimum atomic E-state index is -3.77. The molecule has 0 saturated carbocycles. The van der Waals surface area contributed by atoms with Crippen molar-refractivity contribution in [2.45, 2.75) is 25.2 Å². The number of anilines is 1. The summed E-state index contributed by atoms with van der Waals surface area (Å²) in [6.07, 6.45) is 0.416. The van der Waals surface area contributed by atoms with Crippen molar-refractivity contribution in [3.05, 3.63) is 30.3 Å². The molecule has 2 aliphatic rings. The molecule has 0 N–H and O–H groups in total. The number of nitrogens with zero attached hydrogens (tertiary/aromatic N) is 1. The first-order valence-corrected chi connectivity index (χ1v) is 9.64. The van der Waals surface area contributed by atoms with E-state index >= 15 is 0 Å². The van der Waals surface area contributed by atoms with E-state index in [0.717, 1.165) is 11.9 Å². The zero-order chi connectivity index (χ0) is 17.4. The zero-order valence-electron chi connectivity index (χ0n) is 13.7. The standard InChI is InChI=1S/C16H21NO6S/c1-16(21-10-11-22-16)14(23-24(2,19)20)13-8-9-17(15(13)18)12-6-4-3-5-7-12/h3-7,13-14H,8-11H2,1-2H3/t13-,14+/m1/s1. The van der Waals surface area contributed by atoms with E-state index in [1.807, 2.05) is 30.3 Å². The Balaban J connectivity index is 1.87. The van der Waals surface area contributed by atoms with Gasteiger partial charge < -0.3 is 14.4 Å². The Bertz CT molecular complexity index is 699. The lowest BCUT2D eigenvalue weighted by Crippen LogP contribution is -2.50. The molecule has 8 heteroatoms. The number of hydrogen-bond donors (Lipinski definition) is 0. The average molecular weight is 355 g/mol. The molecule has 2 aliphatic heterocycles. The highest BCUT2D eigenvalue weighted by atomic mass is 32.2. The van der Waals surface area contributed by atoms with Gasteiger partial charge in [-0.15, -0.1) is 0 Å². The largest absolute Gasteiger partial charge is 0.345 e. The van der Waals surface area contributed by atoms with E-state index in [4.69, 9.17) is 13.7 Å². The van der Waals surface area contributed by atoms with Crippen LogP contribution in [0.3, 0.4) is 0 Å². The van der Waals surface area contributed by atoms with Crippen LogP contribution in [0.5, 0.6) is 0 Å². The van der Waals surface area contributed by atoms with E-state index in [0.29, 0.717) is 26.2 Å². The third kappa shape index (κ3) is 3.46. The summed E-state index contributed by atoms with van der Waals surface area (Å²) in [5.41, 5.74) is 0.779. The van der Waals surface area contributed by atoms with Gasteiger partial charge in [0.25, 0.3) is 10.1 Å². The van der Waals surface area contributed by atoms with Crippen molar-refractivity contribution in [3.63, 3.8) is 0 Å². The predicted molar refractivity (Wildman–Crippen MR) is 86.9 cm³/mol. The normalized spacial score (nSPS) is 25.2. The van der Waals surface area contributed by atoms with Gasteiger partial charge in [-0.25, -0.2) is 0 Å². The van der Waals surface area contributed by atoms with Gasteiger partial charge in [-0.1, -0.05) is 18.2 Å². The molecule has 2 heterocycles. The van der Waals surface area contributed by atoms with Crippen molar-refractivity contribution in [1.82, 2.24) is 0 Å². The molecular formula is C16H21NO6S. The third-order valence-electron chi connectivity index (χ3n) is 4.34. The van der Waals surface area contributed by atoms with Crippen molar-refractivity contribution >= 4 is 21.7 Å². The summed E-state index contributed by atoms with van der Waals surface area (Å²) in [6, 6.07) is 9.27. The number of carbonyl (C=O) groups excluding carboxylic acids is 1. The van der Waals surface area contributed by atoms with Gasteiger partial charge in [-0.05, 0) is 25.5 Å². The van der Waals surface area contributed by atoms with Crippen LogP contribution in [-0.2, 0) is 28.6 Å². The van der Waals surface area contributed by atoms with E-state index in [1.54, 1.807) is 11.8 Å². The van der Waals surface area contributed by atoms with Crippen LogP contribution in [-0.4, -0.2) is 52.2 Å². The van der Waals surface area contributed by atoms with Crippen LogP contribution >= 0.6 is 0 Å². The third-order valence-corrected chi connectivity index (χ3v) is 4.89. The molecule has 0 radical (unpaired) electrons. The second-order valence-electron chi connectivity index (χ2n) is 6.15. The summed E-state index contributed by atoms with van der Waals surface area (Å²) < 4.78 is 39.8. The first kappa shape index (κ1) is 17.3. The van der Waals surface area contributed by atoms with Crippen molar-refractivity contribution < 1.29 is 26.9 Å². The van der Waals surface area contributed by atoms with Crippen LogP contribution < -0.4 is 4.90 Å². The molecule has 0 aromatic heterocycles. The Labute approximate surface area is 141 Å². The van der Waals surface area contributed by atoms with Gasteiger partial charge >= 0.3 is 0 Å². The molecule has 0 spiro atoms. The van der Waals surface area contributed by atoms with E-state index in [1.165, 1.54) is 0 Å². The van der Waals surface area contributed by atoms with E-state index < -0.39 is 27.9 Å². The van der Waals surface area contributed by atoms with Crippen LogP contribution in [0.4, 0.5) is 5.69 Å². The zero-order valence-corrected chi connectivity index (χ0v) is 14.5. The number of ether oxygens (including phenoxy) is 2. The lowest BCUT2D eigenvalue weighted by atomic mass is 9.94. The van der Waals surface area contributed by atoms with Crippen LogP contribution in [0.15, 0.2) is 30.3 Å². The maximum absolute atomic E-state index is 12.9. The van der Waals surface area contributed by atoms with Crippen molar-refractivity contribution in [2.75, 3.05) is 30.9 Å². The lowest BCUT2D eigenvalue weighted by molar-refractivity contribution is -0.210. The molecule has 0 bridgehead atoms. The number of benzene rings is 1. The fourth-order valence-electron chi connectivity index (χ4n) is 3.25. The van der Waals surface area contributed by atoms with Gasteiger partial charge in [0.1, 0.15) is 6.10 Å². The van der Waals surface area contributed by atoms with E-state index in [-0.39, 0.29) is 5.91 Å². The summed E-state index contributed by atoms with van der Waals surface area (Å²) in [5.74, 6) is -2.09. The Kier molecular flexibility index (Phi) is 4.65. The van der Waals surface area contributed by atoms with Gasteiger partial charge in [0, 0.05) is 12.2 Å². The smallest absolute Gasteiger partial charge is 0.264 e. The molecule has 132 valence electrons. The van der Waals surface area contributed by atoms with Crippen molar-refractivity contribution in [3.8, 4) is 0 Å². The Morgan fingerprint density at radius 2 is 1.88 bits per heavy atom. The first-order chi connectivity index (χ1) is 11.3. The minimum absolute atomic E-state index is 0.185. The van der Waals surface area contributed by atoms with Gasteiger partial charge in [0.05, 0.1) is 25.4 Å². The summed E-state index contributed by atoms with van der Waals surface area (Å²) in [6.45, 7) is 2.79. The number of rotatable bonds is 5. The molecule has 1 aromatic rings. The summed E-state index contributed by atoms with van der Waals surface area (Å²) in [7, 11) is -3.77. The molecule has 0 unspecified atom stereocenters. The molecule has 1 aromatic carbocycles. The molecule has 24 heavy (non-hydrogen) atoms. The highest BCUT2D eigenvalue weighted by molar-refractivity contribution is 7.86. The highest BCUT2D eigenvalue weighted by Crippen LogP contribution is 2.37. The molecule has 2 atom stereocenters. The number of para-hydroxylation sites is 1. The molecule has 0 aliphatic carbocycles. The second-order valence-corrected chi connectivity index (χ2v) is 7.76. The van der Waals surface area contributed by atoms with Gasteiger partial charge in [0.15, 0.2) is 5.79 Å². The molecule has 2 fully saturated rings. The van der Waals surface area contributed by atoms with Crippen LogP contribution in [0, 0.1) is 5.92 Å². The molecule has 3 rings (SSSR count). The molecular weight excluding hydrogens is 334 g/mol. The average Bonchev–Trinajstić information content (AvgIpc) is 3.12. The number of hydrogen-bond acceptors (Lipinski definition) is 6. The lowest BCUT2D eigenvalue weighted by Gasteiger charge is -2.34. The van der Waals surface area contributed by atoms with E-state index in [9.17, 15) is 13.2 Å². The minimum Gasteiger partial charge on any atom is -0.345 e. The summed E-state index contributed by atoms with van der Waals surface area (Å²) in [4.78, 5) is 14.5. The number of amides is 1. The predicted octanol–water partition coefficient (Wildman–Crippen LogP) is 1.15. The Hall–Kier alpha value is -1.48. The Morgan fingerprint density at radius 3 is 2.46 bits per heavy atom. The fraction of sp³-hybridized carbons (Fsp3) is 0.562. The fourth-order valence-corrected chi connectivity index (χ4v) is 3.94. The summed E-state index contributed by atoms with van der Waals surface area (Å²) in [5, 5.41) is 0. The maximum Gasteiger partial charge on any atom is 0.264 e. The second kappa shape index (κ2) is 6.44. The summed E-state index contributed by atoms with van der Waals surface area (Å²) >= 11 is 0. The SMILES string of the molecule is CC1([C@@H](OS(C)(=O)=O)[C@H]2CCN(c3ccccc3)C2=O)OCCO1. The quantitative estimate of drug-likeness (QED) is 0.737. The van der Waals surface area contributed by atoms with Crippen LogP contribution in [0.2, 0.25) is 0 Å². The molecule has 1 amide bonds. The molecule has 2 saturated heterocycles. The van der Waals surface area contributed by atoms with Crippen molar-refractivity contribution in [1.29, 1.82) is 0 Å². The topological polar surface area (TPSA) is 82.1 Å². The monoisotopic (exact) mass is 355 g/mol. The highest BCUT2D eigenvalue weighted by Gasteiger charge is 2.52. The maximum atomic E-state index is 12.9. The van der Waals surface area contributed by atoms with Crippen molar-refractivity contribution in [2.24, 2.45) is 5.92 Å². The Morgan fingerprint density at radius 1 is 1.25 bits per heavy atom. The van der Waals surface area contributed by atoms with Gasteiger partial charge in [-0.2, -0.15) is 8.42 Å². The van der Waals surface area contributed by atoms with Gasteiger partial charge in [0.2, 0.25) is 5.91 Å². The van der Waals surface area contributed by atoms with Crippen LogP contribution in [0.25, 0.3) is 0 Å². The number of carbonyl (C=O) groups is 1. The van der Waals surface area contributed by atoms with Crippen LogP contribution in [0.1, 0.15) is 13.3 Å². The molecule has 7 nitrogen and oxygen atoms in total.